The predicted octanol–water partition coefficient (Wildman–Crippen LogP) is 4.01. The van der Waals surface area contributed by atoms with Crippen LogP contribution in [-0.2, 0) is 9.53 Å². The topological polar surface area (TPSA) is 76.7 Å². The monoisotopic (exact) mass is 430 g/mol. The summed E-state index contributed by atoms with van der Waals surface area (Å²) in [6, 6.07) is 10.8. The lowest BCUT2D eigenvalue weighted by atomic mass is 10.1. The second-order valence-electron chi connectivity index (χ2n) is 5.76. The number of amides is 1. The van der Waals surface area contributed by atoms with E-state index >= 15 is 0 Å². The lowest BCUT2D eigenvalue weighted by Crippen LogP contribution is -2.69. The average molecular weight is 431 g/mol. The van der Waals surface area contributed by atoms with Crippen LogP contribution in [0.5, 0.6) is 5.75 Å². The van der Waals surface area contributed by atoms with Gasteiger partial charge >= 0.3 is 17.8 Å². The third kappa shape index (κ3) is 4.92. The molecular formula is C19H18ClF3N2O4. The molecule has 2 aromatic rings. The Morgan fingerprint density at radius 2 is 1.69 bits per heavy atom. The highest BCUT2D eigenvalue weighted by Gasteiger charge is 2.63. The SMILES string of the molecule is CCOC(=O)[C@](NC(=O)c1ccc(OC)cc1)(Nc1ccccc1Cl)C(F)(F)F. The third-order valence-electron chi connectivity index (χ3n) is 3.86. The van der Waals surface area contributed by atoms with Crippen molar-refractivity contribution >= 4 is 29.2 Å². The number of alkyl halides is 3. The first-order valence-corrected chi connectivity index (χ1v) is 8.75. The molecular weight excluding hydrogens is 413 g/mol. The quantitative estimate of drug-likeness (QED) is 0.512. The van der Waals surface area contributed by atoms with E-state index in [1.54, 1.807) is 5.32 Å². The van der Waals surface area contributed by atoms with Crippen LogP contribution in [0, 0.1) is 0 Å². The highest BCUT2D eigenvalue weighted by Crippen LogP contribution is 2.35. The molecule has 0 fully saturated rings. The minimum Gasteiger partial charge on any atom is -0.497 e. The Morgan fingerprint density at radius 1 is 1.07 bits per heavy atom. The minimum atomic E-state index is -5.26. The number of hydrogen-bond acceptors (Lipinski definition) is 5. The van der Waals surface area contributed by atoms with Crippen LogP contribution >= 0.6 is 11.6 Å². The molecule has 0 aliphatic heterocycles. The maximum Gasteiger partial charge on any atom is 0.441 e. The van der Waals surface area contributed by atoms with Crippen LogP contribution in [0.3, 0.4) is 0 Å². The fourth-order valence-corrected chi connectivity index (χ4v) is 2.56. The number of halogens is 4. The van der Waals surface area contributed by atoms with E-state index in [4.69, 9.17) is 16.3 Å². The number of anilines is 1. The van der Waals surface area contributed by atoms with Crippen molar-refractivity contribution in [3.8, 4) is 5.75 Å². The number of carbonyl (C=O) groups is 2. The van der Waals surface area contributed by atoms with Crippen molar-refractivity contribution in [2.24, 2.45) is 0 Å². The first-order chi connectivity index (χ1) is 13.6. The van der Waals surface area contributed by atoms with Crippen LogP contribution < -0.4 is 15.4 Å². The molecule has 0 heterocycles. The van der Waals surface area contributed by atoms with Crippen molar-refractivity contribution in [2.45, 2.75) is 18.8 Å². The molecule has 1 atom stereocenters. The van der Waals surface area contributed by atoms with E-state index in [0.717, 1.165) is 0 Å². The minimum absolute atomic E-state index is 0.0795. The Labute approximate surface area is 169 Å². The normalized spacial score (nSPS) is 13.2. The van der Waals surface area contributed by atoms with Crippen molar-refractivity contribution < 1.29 is 32.2 Å². The maximum atomic E-state index is 14.1. The van der Waals surface area contributed by atoms with Crippen molar-refractivity contribution in [1.82, 2.24) is 5.32 Å². The summed E-state index contributed by atoms with van der Waals surface area (Å²) in [5.74, 6) is -2.48. The molecule has 0 aliphatic rings. The van der Waals surface area contributed by atoms with Crippen LogP contribution in [0.25, 0.3) is 0 Å². The van der Waals surface area contributed by atoms with Gasteiger partial charge in [-0.25, -0.2) is 4.79 Å². The fraction of sp³-hybridized carbons (Fsp3) is 0.263. The van der Waals surface area contributed by atoms with Gasteiger partial charge < -0.3 is 20.1 Å². The summed E-state index contributed by atoms with van der Waals surface area (Å²) < 4.78 is 51.9. The van der Waals surface area contributed by atoms with E-state index in [1.165, 1.54) is 62.6 Å². The number of benzene rings is 2. The van der Waals surface area contributed by atoms with Crippen LogP contribution in [0.15, 0.2) is 48.5 Å². The van der Waals surface area contributed by atoms with Gasteiger partial charge in [0.25, 0.3) is 5.91 Å². The van der Waals surface area contributed by atoms with Gasteiger partial charge in [-0.1, -0.05) is 23.7 Å². The van der Waals surface area contributed by atoms with Crippen molar-refractivity contribution in [2.75, 3.05) is 19.0 Å². The van der Waals surface area contributed by atoms with Gasteiger partial charge in [-0.15, -0.1) is 0 Å². The smallest absolute Gasteiger partial charge is 0.441 e. The zero-order valence-corrected chi connectivity index (χ0v) is 16.2. The fourth-order valence-electron chi connectivity index (χ4n) is 2.38. The third-order valence-corrected chi connectivity index (χ3v) is 4.19. The Hall–Kier alpha value is -2.94. The summed E-state index contributed by atoms with van der Waals surface area (Å²) in [5, 5.41) is 3.68. The van der Waals surface area contributed by atoms with Crippen molar-refractivity contribution in [1.29, 1.82) is 0 Å². The number of nitrogens with one attached hydrogen (secondary N) is 2. The largest absolute Gasteiger partial charge is 0.497 e. The standard InChI is InChI=1S/C19H18ClF3N2O4/c1-3-29-17(27)18(19(21,22)23,24-15-7-5-4-6-14(15)20)25-16(26)12-8-10-13(28-2)11-9-12/h4-11,24H,3H2,1-2H3,(H,25,26)/t18-/m1/s1. The van der Waals surface area contributed by atoms with Gasteiger partial charge in [0.2, 0.25) is 0 Å². The van der Waals surface area contributed by atoms with Gasteiger partial charge in [0.05, 0.1) is 24.4 Å². The van der Waals surface area contributed by atoms with Crippen LogP contribution in [-0.4, -0.2) is 37.4 Å². The Bertz CT molecular complexity index is 875. The lowest BCUT2D eigenvalue weighted by Gasteiger charge is -2.35. The summed E-state index contributed by atoms with van der Waals surface area (Å²) >= 11 is 5.94. The molecule has 1 amide bonds. The molecule has 0 aliphatic carbocycles. The highest BCUT2D eigenvalue weighted by atomic mass is 35.5. The molecule has 2 aromatic carbocycles. The van der Waals surface area contributed by atoms with Crippen LogP contribution in [0.4, 0.5) is 18.9 Å². The summed E-state index contributed by atoms with van der Waals surface area (Å²) in [6.07, 6.45) is -5.26. The summed E-state index contributed by atoms with van der Waals surface area (Å²) in [6.45, 7) is 1.01. The molecule has 0 spiro atoms. The van der Waals surface area contributed by atoms with E-state index in [9.17, 15) is 22.8 Å². The van der Waals surface area contributed by atoms with Gasteiger partial charge in [0.1, 0.15) is 5.75 Å². The summed E-state index contributed by atoms with van der Waals surface area (Å²) in [5.41, 5.74) is -3.90. The molecule has 0 unspecified atom stereocenters. The number of rotatable bonds is 7. The molecule has 0 saturated heterocycles. The molecule has 2 rings (SSSR count). The van der Waals surface area contributed by atoms with Gasteiger partial charge in [0, 0.05) is 5.56 Å². The van der Waals surface area contributed by atoms with Gasteiger partial charge in [-0.3, -0.25) is 4.79 Å². The molecule has 156 valence electrons. The second kappa shape index (κ2) is 9.04. The van der Waals surface area contributed by atoms with E-state index in [1.807, 2.05) is 5.32 Å². The number of para-hydroxylation sites is 1. The second-order valence-corrected chi connectivity index (χ2v) is 6.16. The molecule has 10 heteroatoms. The number of carbonyl (C=O) groups excluding carboxylic acids is 2. The maximum absolute atomic E-state index is 14.1. The predicted molar refractivity (Wildman–Crippen MR) is 101 cm³/mol. The van der Waals surface area contributed by atoms with Gasteiger partial charge in [-0.2, -0.15) is 13.2 Å². The zero-order valence-electron chi connectivity index (χ0n) is 15.5. The van der Waals surface area contributed by atoms with E-state index in [0.29, 0.717) is 5.75 Å². The number of esters is 1. The van der Waals surface area contributed by atoms with Gasteiger partial charge in [0.15, 0.2) is 0 Å². The van der Waals surface area contributed by atoms with E-state index in [-0.39, 0.29) is 22.9 Å². The molecule has 6 nitrogen and oxygen atoms in total. The average Bonchev–Trinajstić information content (AvgIpc) is 2.68. The van der Waals surface area contributed by atoms with Crippen LogP contribution in [0.1, 0.15) is 17.3 Å². The van der Waals surface area contributed by atoms with Crippen molar-refractivity contribution in [3.63, 3.8) is 0 Å². The number of ether oxygens (including phenoxy) is 2. The molecule has 2 N–H and O–H groups in total. The van der Waals surface area contributed by atoms with Crippen LogP contribution in [0.2, 0.25) is 5.02 Å². The van der Waals surface area contributed by atoms with Gasteiger partial charge in [-0.05, 0) is 43.3 Å². The Morgan fingerprint density at radius 3 is 2.21 bits per heavy atom. The Kier molecular flexibility index (Phi) is 6.97. The molecule has 0 saturated carbocycles. The molecule has 0 bridgehead atoms. The summed E-state index contributed by atoms with van der Waals surface area (Å²) in [7, 11) is 1.40. The highest BCUT2D eigenvalue weighted by molar-refractivity contribution is 6.33. The number of methoxy groups -OCH3 is 1. The first-order valence-electron chi connectivity index (χ1n) is 8.38. The first kappa shape index (κ1) is 22.4. The molecule has 0 radical (unpaired) electrons. The van der Waals surface area contributed by atoms with Crippen molar-refractivity contribution in [3.05, 3.63) is 59.1 Å². The Balaban J connectivity index is 2.50. The van der Waals surface area contributed by atoms with E-state index in [2.05, 4.69) is 4.74 Å². The lowest BCUT2D eigenvalue weighted by molar-refractivity contribution is -0.204. The number of hydrogen-bond donors (Lipinski definition) is 2. The zero-order chi connectivity index (χ0) is 21.7. The molecule has 0 aromatic heterocycles. The van der Waals surface area contributed by atoms with E-state index < -0.39 is 23.7 Å². The molecule has 29 heavy (non-hydrogen) atoms. The summed E-state index contributed by atoms with van der Waals surface area (Å²) in [4.78, 5) is 25.0.